The van der Waals surface area contributed by atoms with Crippen molar-refractivity contribution in [1.82, 2.24) is 14.6 Å². The molecule has 0 fully saturated rings. The number of hydrogen-bond acceptors (Lipinski definition) is 5. The van der Waals surface area contributed by atoms with Gasteiger partial charge in [0.1, 0.15) is 0 Å². The smallest absolute Gasteiger partial charge is 0.339 e. The average Bonchev–Trinajstić information content (AvgIpc) is 3.02. The molecule has 19 heavy (non-hydrogen) atoms. The van der Waals surface area contributed by atoms with Crippen LogP contribution in [0.25, 0.3) is 17.0 Å². The summed E-state index contributed by atoms with van der Waals surface area (Å²) in [6, 6.07) is 4.98. The van der Waals surface area contributed by atoms with Gasteiger partial charge in [0.05, 0.1) is 24.5 Å². The van der Waals surface area contributed by atoms with E-state index in [1.54, 1.807) is 28.8 Å². The van der Waals surface area contributed by atoms with Crippen LogP contribution in [0.2, 0.25) is 5.22 Å². The summed E-state index contributed by atoms with van der Waals surface area (Å²) in [5.74, 6) is 0.0688. The molecule has 7 heteroatoms. The number of carbonyl (C=O) groups is 1. The Hall–Kier alpha value is -2.34. The van der Waals surface area contributed by atoms with Crippen molar-refractivity contribution in [3.63, 3.8) is 0 Å². The van der Waals surface area contributed by atoms with Gasteiger partial charge in [-0.1, -0.05) is 0 Å². The predicted octanol–water partition coefficient (Wildman–Crippen LogP) is 2.43. The van der Waals surface area contributed by atoms with Gasteiger partial charge in [0.2, 0.25) is 5.22 Å². The second kappa shape index (κ2) is 4.40. The molecule has 0 saturated heterocycles. The Balaban J connectivity index is 2.21. The van der Waals surface area contributed by atoms with Gasteiger partial charge in [0.25, 0.3) is 0 Å². The largest absolute Gasteiger partial charge is 0.465 e. The number of hydrogen-bond donors (Lipinski definition) is 0. The lowest BCUT2D eigenvalue weighted by Crippen LogP contribution is -2.03. The third-order valence-corrected chi connectivity index (χ3v) is 2.97. The molecule has 0 aromatic carbocycles. The molecule has 0 aliphatic heterocycles. The summed E-state index contributed by atoms with van der Waals surface area (Å²) in [6.07, 6.45) is 3.06. The van der Waals surface area contributed by atoms with Gasteiger partial charge >= 0.3 is 5.97 Å². The molecular formula is C12H8ClN3O3. The van der Waals surface area contributed by atoms with Gasteiger partial charge in [0.15, 0.2) is 11.5 Å². The van der Waals surface area contributed by atoms with E-state index in [1.165, 1.54) is 13.4 Å². The number of halogens is 1. The second-order valence-electron chi connectivity index (χ2n) is 3.77. The maximum atomic E-state index is 11.5. The zero-order chi connectivity index (χ0) is 13.4. The predicted molar refractivity (Wildman–Crippen MR) is 67.0 cm³/mol. The fourth-order valence-electron chi connectivity index (χ4n) is 1.77. The number of carbonyl (C=O) groups excluding carboxylic acids is 1. The molecule has 0 bridgehead atoms. The molecule has 3 aromatic rings. The van der Waals surface area contributed by atoms with Crippen LogP contribution in [0, 0.1) is 0 Å². The monoisotopic (exact) mass is 277 g/mol. The van der Waals surface area contributed by atoms with E-state index in [0.717, 1.165) is 0 Å². The highest BCUT2D eigenvalue weighted by molar-refractivity contribution is 6.31. The average molecular weight is 278 g/mol. The lowest BCUT2D eigenvalue weighted by Gasteiger charge is -2.01. The first-order chi connectivity index (χ1) is 9.20. The highest BCUT2D eigenvalue weighted by atomic mass is 35.5. The summed E-state index contributed by atoms with van der Waals surface area (Å²) in [6.45, 7) is 0. The number of rotatable bonds is 2. The second-order valence-corrected chi connectivity index (χ2v) is 4.11. The molecule has 0 aliphatic rings. The third-order valence-electron chi connectivity index (χ3n) is 2.68. The van der Waals surface area contributed by atoms with Crippen LogP contribution in [0.15, 0.2) is 35.1 Å². The molecule has 0 spiro atoms. The SMILES string of the molecule is COC(=O)c1ccc2nnc(-c3ccoc3Cl)n2c1. The fraction of sp³-hybridized carbons (Fsp3) is 0.0833. The van der Waals surface area contributed by atoms with Crippen LogP contribution in [0.3, 0.4) is 0 Å². The molecule has 0 atom stereocenters. The van der Waals surface area contributed by atoms with E-state index in [9.17, 15) is 4.79 Å². The molecule has 0 amide bonds. The number of fused-ring (bicyclic) bond motifs is 1. The van der Waals surface area contributed by atoms with Gasteiger partial charge in [-0.3, -0.25) is 4.40 Å². The molecular weight excluding hydrogens is 270 g/mol. The van der Waals surface area contributed by atoms with Crippen molar-refractivity contribution >= 4 is 23.2 Å². The fourth-order valence-corrected chi connectivity index (χ4v) is 1.97. The van der Waals surface area contributed by atoms with E-state index in [-0.39, 0.29) is 5.22 Å². The van der Waals surface area contributed by atoms with Gasteiger partial charge in [-0.2, -0.15) is 0 Å². The van der Waals surface area contributed by atoms with E-state index >= 15 is 0 Å². The topological polar surface area (TPSA) is 69.6 Å². The molecule has 3 aromatic heterocycles. The van der Waals surface area contributed by atoms with E-state index < -0.39 is 5.97 Å². The summed E-state index contributed by atoms with van der Waals surface area (Å²) >= 11 is 5.92. The number of furan rings is 1. The van der Waals surface area contributed by atoms with Crippen LogP contribution < -0.4 is 0 Å². The van der Waals surface area contributed by atoms with Gasteiger partial charge in [-0.25, -0.2) is 4.79 Å². The van der Waals surface area contributed by atoms with Crippen LogP contribution in [-0.4, -0.2) is 27.7 Å². The van der Waals surface area contributed by atoms with Crippen LogP contribution in [0.4, 0.5) is 0 Å². The number of esters is 1. The lowest BCUT2D eigenvalue weighted by molar-refractivity contribution is 0.0600. The number of methoxy groups -OCH3 is 1. The van der Waals surface area contributed by atoms with Crippen LogP contribution in [0.1, 0.15) is 10.4 Å². The van der Waals surface area contributed by atoms with E-state index in [0.29, 0.717) is 22.6 Å². The molecule has 0 unspecified atom stereocenters. The highest BCUT2D eigenvalue weighted by Crippen LogP contribution is 2.27. The van der Waals surface area contributed by atoms with Gasteiger partial charge in [-0.15, -0.1) is 10.2 Å². The maximum Gasteiger partial charge on any atom is 0.339 e. The van der Waals surface area contributed by atoms with Crippen molar-refractivity contribution in [1.29, 1.82) is 0 Å². The minimum atomic E-state index is -0.431. The van der Waals surface area contributed by atoms with Crippen LogP contribution in [0.5, 0.6) is 0 Å². The van der Waals surface area contributed by atoms with Crippen molar-refractivity contribution in [2.24, 2.45) is 0 Å². The normalized spacial score (nSPS) is 10.8. The summed E-state index contributed by atoms with van der Waals surface area (Å²) in [4.78, 5) is 11.5. The van der Waals surface area contributed by atoms with Crippen LogP contribution in [-0.2, 0) is 4.74 Å². The Morgan fingerprint density at radius 2 is 2.21 bits per heavy atom. The van der Waals surface area contributed by atoms with E-state index in [1.807, 2.05) is 0 Å². The van der Waals surface area contributed by atoms with Gasteiger partial charge < -0.3 is 9.15 Å². The molecule has 0 radical (unpaired) electrons. The van der Waals surface area contributed by atoms with E-state index in [2.05, 4.69) is 14.9 Å². The van der Waals surface area contributed by atoms with Crippen molar-refractivity contribution < 1.29 is 13.9 Å². The molecule has 0 aliphatic carbocycles. The molecule has 3 rings (SSSR count). The summed E-state index contributed by atoms with van der Waals surface area (Å²) in [7, 11) is 1.33. The Labute approximate surface area is 112 Å². The lowest BCUT2D eigenvalue weighted by atomic mass is 10.2. The number of nitrogens with zero attached hydrogens (tertiary/aromatic N) is 3. The van der Waals surface area contributed by atoms with Crippen molar-refractivity contribution in [3.8, 4) is 11.4 Å². The Morgan fingerprint density at radius 3 is 2.89 bits per heavy atom. The molecule has 0 saturated carbocycles. The highest BCUT2D eigenvalue weighted by Gasteiger charge is 2.15. The van der Waals surface area contributed by atoms with Crippen molar-refractivity contribution in [2.45, 2.75) is 0 Å². The summed E-state index contributed by atoms with van der Waals surface area (Å²) in [5, 5.41) is 8.26. The zero-order valence-corrected chi connectivity index (χ0v) is 10.6. The molecule has 3 heterocycles. The number of ether oxygens (including phenoxy) is 1. The number of aromatic nitrogens is 3. The standard InChI is InChI=1S/C12H8ClN3O3/c1-18-12(17)7-2-3-9-14-15-11(16(9)6-7)8-4-5-19-10(8)13/h2-6H,1H3. The van der Waals surface area contributed by atoms with Crippen molar-refractivity contribution in [2.75, 3.05) is 7.11 Å². The first-order valence-electron chi connectivity index (χ1n) is 5.37. The van der Waals surface area contributed by atoms with Gasteiger partial charge in [-0.05, 0) is 29.8 Å². The first kappa shape index (κ1) is 11.7. The Bertz CT molecular complexity index is 763. The Morgan fingerprint density at radius 1 is 1.37 bits per heavy atom. The van der Waals surface area contributed by atoms with E-state index in [4.69, 9.17) is 16.0 Å². The number of pyridine rings is 1. The zero-order valence-electron chi connectivity index (χ0n) is 9.83. The quantitative estimate of drug-likeness (QED) is 0.673. The van der Waals surface area contributed by atoms with Crippen LogP contribution >= 0.6 is 11.6 Å². The molecule has 6 nitrogen and oxygen atoms in total. The minimum absolute atomic E-state index is 0.220. The third kappa shape index (κ3) is 1.86. The molecule has 0 N–H and O–H groups in total. The first-order valence-corrected chi connectivity index (χ1v) is 5.75. The maximum absolute atomic E-state index is 11.5. The Kier molecular flexibility index (Phi) is 2.72. The minimum Gasteiger partial charge on any atom is -0.465 e. The van der Waals surface area contributed by atoms with Crippen molar-refractivity contribution in [3.05, 3.63) is 41.4 Å². The van der Waals surface area contributed by atoms with Gasteiger partial charge in [0, 0.05) is 6.20 Å². The molecule has 96 valence electrons. The summed E-state index contributed by atoms with van der Waals surface area (Å²) < 4.78 is 11.4. The summed E-state index contributed by atoms with van der Waals surface area (Å²) in [5.41, 5.74) is 1.60.